The van der Waals surface area contributed by atoms with Gasteiger partial charge in [-0.25, -0.2) is 9.18 Å². The third-order valence-corrected chi connectivity index (χ3v) is 2.17. The van der Waals surface area contributed by atoms with Crippen molar-refractivity contribution < 1.29 is 22.4 Å². The largest absolute Gasteiger partial charge is 0.433 e. The van der Waals surface area contributed by atoms with Crippen molar-refractivity contribution in [3.8, 4) is 0 Å². The maximum absolute atomic E-state index is 12.9. The first-order chi connectivity index (χ1) is 7.93. The minimum absolute atomic E-state index is 0.0158. The summed E-state index contributed by atoms with van der Waals surface area (Å²) in [6, 6.07) is 3.00. The number of H-pyrrole nitrogens is 1. The Labute approximate surface area is 91.8 Å². The van der Waals surface area contributed by atoms with Crippen molar-refractivity contribution >= 4 is 22.7 Å². The number of rotatable bonds is 1. The van der Waals surface area contributed by atoms with Gasteiger partial charge in [-0.15, -0.1) is 0 Å². The van der Waals surface area contributed by atoms with Crippen LogP contribution in [0.2, 0.25) is 0 Å². The molecule has 0 aliphatic rings. The number of hydrogen-bond donors (Lipinski definition) is 1. The molecule has 1 N–H and O–H groups in total. The number of benzene rings is 1. The number of aromatic nitrogens is 1. The molecule has 0 fully saturated rings. The number of aromatic amines is 1. The lowest BCUT2D eigenvalue weighted by molar-refractivity contribution is -0.140. The second kappa shape index (κ2) is 3.71. The van der Waals surface area contributed by atoms with E-state index in [0.29, 0.717) is 0 Å². The molecule has 7 heteroatoms. The van der Waals surface area contributed by atoms with E-state index in [-0.39, 0.29) is 10.9 Å². The second-order valence-corrected chi connectivity index (χ2v) is 3.24. The quantitative estimate of drug-likeness (QED) is 0.467. The summed E-state index contributed by atoms with van der Waals surface area (Å²) in [4.78, 5) is 15.1. The molecule has 17 heavy (non-hydrogen) atoms. The average molecular weight is 244 g/mol. The molecule has 0 radical (unpaired) electrons. The van der Waals surface area contributed by atoms with Gasteiger partial charge in [0.25, 0.3) is 0 Å². The lowest BCUT2D eigenvalue weighted by atomic mass is 10.2. The van der Waals surface area contributed by atoms with Gasteiger partial charge in [0.1, 0.15) is 17.2 Å². The van der Waals surface area contributed by atoms with E-state index in [1.807, 2.05) is 4.98 Å². The van der Waals surface area contributed by atoms with Crippen LogP contribution in [0.15, 0.2) is 23.2 Å². The molecule has 0 bridgehead atoms. The number of isocyanates is 1. The van der Waals surface area contributed by atoms with Crippen molar-refractivity contribution in [2.45, 2.75) is 6.18 Å². The van der Waals surface area contributed by atoms with Crippen LogP contribution in [0.5, 0.6) is 0 Å². The van der Waals surface area contributed by atoms with Gasteiger partial charge in [0.05, 0.1) is 5.52 Å². The zero-order valence-electron chi connectivity index (χ0n) is 8.10. The molecule has 1 aromatic heterocycles. The number of fused-ring (bicyclic) bond motifs is 1. The molecule has 0 aliphatic heterocycles. The normalized spacial score (nSPS) is 11.5. The van der Waals surface area contributed by atoms with Crippen LogP contribution in [-0.4, -0.2) is 11.1 Å². The SMILES string of the molecule is O=C=Nc1c(C(F)(F)F)[nH]c2cc(F)ccc12. The Balaban J connectivity index is 2.84. The van der Waals surface area contributed by atoms with Crippen LogP contribution in [0, 0.1) is 5.82 Å². The van der Waals surface area contributed by atoms with E-state index in [1.165, 1.54) is 0 Å². The maximum atomic E-state index is 12.9. The van der Waals surface area contributed by atoms with Gasteiger partial charge in [0.2, 0.25) is 6.08 Å². The molecule has 1 aromatic carbocycles. The van der Waals surface area contributed by atoms with Crippen molar-refractivity contribution in [3.05, 3.63) is 29.7 Å². The van der Waals surface area contributed by atoms with E-state index in [1.54, 1.807) is 0 Å². The Bertz CT molecular complexity index is 623. The van der Waals surface area contributed by atoms with E-state index < -0.39 is 23.4 Å². The summed E-state index contributed by atoms with van der Waals surface area (Å²) < 4.78 is 50.6. The van der Waals surface area contributed by atoms with Gasteiger partial charge in [-0.2, -0.15) is 18.2 Å². The van der Waals surface area contributed by atoms with E-state index in [9.17, 15) is 22.4 Å². The second-order valence-electron chi connectivity index (χ2n) is 3.24. The third-order valence-electron chi connectivity index (χ3n) is 2.17. The molecule has 0 unspecified atom stereocenters. The molecule has 0 saturated carbocycles. The first-order valence-corrected chi connectivity index (χ1v) is 4.40. The van der Waals surface area contributed by atoms with Crippen LogP contribution >= 0.6 is 0 Å². The molecule has 88 valence electrons. The molecule has 0 saturated heterocycles. The molecule has 2 rings (SSSR count). The molecule has 2 aromatic rings. The number of nitrogens with one attached hydrogen (secondary N) is 1. The number of carbonyl (C=O) groups excluding carboxylic acids is 1. The molecule has 3 nitrogen and oxygen atoms in total. The van der Waals surface area contributed by atoms with Crippen LogP contribution in [0.25, 0.3) is 10.9 Å². The van der Waals surface area contributed by atoms with Gasteiger partial charge in [-0.3, -0.25) is 0 Å². The highest BCUT2D eigenvalue weighted by molar-refractivity contribution is 5.93. The van der Waals surface area contributed by atoms with Gasteiger partial charge < -0.3 is 4.98 Å². The standard InChI is InChI=1S/C10H4F4N2O/c11-5-1-2-6-7(3-5)16-9(10(12,13)14)8(6)15-4-17/h1-3,16H. The summed E-state index contributed by atoms with van der Waals surface area (Å²) in [5, 5.41) is 0.0158. The molecule has 0 atom stereocenters. The summed E-state index contributed by atoms with van der Waals surface area (Å²) in [5.74, 6) is -0.686. The third kappa shape index (κ3) is 1.92. The average Bonchev–Trinajstić information content (AvgIpc) is 2.56. The summed E-state index contributed by atoms with van der Waals surface area (Å²) in [5.41, 5.74) is -1.85. The number of hydrogen-bond acceptors (Lipinski definition) is 2. The first kappa shape index (κ1) is 11.3. The van der Waals surface area contributed by atoms with E-state index in [4.69, 9.17) is 0 Å². The number of halogens is 4. The summed E-state index contributed by atoms with van der Waals surface area (Å²) in [6.07, 6.45) is -3.65. The fourth-order valence-electron chi connectivity index (χ4n) is 1.52. The van der Waals surface area contributed by atoms with Gasteiger partial charge in [0, 0.05) is 5.39 Å². The zero-order valence-corrected chi connectivity index (χ0v) is 8.10. The fraction of sp³-hybridized carbons (Fsp3) is 0.100. The molecule has 0 amide bonds. The Kier molecular flexibility index (Phi) is 2.48. The van der Waals surface area contributed by atoms with Crippen molar-refractivity contribution in [1.82, 2.24) is 4.98 Å². The minimum atomic E-state index is -4.70. The summed E-state index contributed by atoms with van der Waals surface area (Å²) in [7, 11) is 0. The molecule has 0 spiro atoms. The number of alkyl halides is 3. The highest BCUT2D eigenvalue weighted by Gasteiger charge is 2.36. The Hall–Kier alpha value is -2.14. The molecular weight excluding hydrogens is 240 g/mol. The van der Waals surface area contributed by atoms with E-state index in [2.05, 4.69) is 4.99 Å². The Morgan fingerprint density at radius 1 is 1.29 bits per heavy atom. The zero-order chi connectivity index (χ0) is 12.6. The van der Waals surface area contributed by atoms with E-state index in [0.717, 1.165) is 24.3 Å². The van der Waals surface area contributed by atoms with E-state index >= 15 is 0 Å². The predicted octanol–water partition coefficient (Wildman–Crippen LogP) is 3.29. The molecular formula is C10H4F4N2O. The summed E-state index contributed by atoms with van der Waals surface area (Å²) in [6.45, 7) is 0. The molecule has 0 aliphatic carbocycles. The Morgan fingerprint density at radius 2 is 2.00 bits per heavy atom. The topological polar surface area (TPSA) is 45.2 Å². The van der Waals surface area contributed by atoms with Crippen LogP contribution in [0.3, 0.4) is 0 Å². The van der Waals surface area contributed by atoms with Gasteiger partial charge in [-0.05, 0) is 18.2 Å². The maximum Gasteiger partial charge on any atom is 0.433 e. The van der Waals surface area contributed by atoms with Gasteiger partial charge in [-0.1, -0.05) is 0 Å². The Morgan fingerprint density at radius 3 is 2.59 bits per heavy atom. The van der Waals surface area contributed by atoms with Gasteiger partial charge >= 0.3 is 6.18 Å². The number of nitrogens with zero attached hydrogens (tertiary/aromatic N) is 1. The van der Waals surface area contributed by atoms with Crippen LogP contribution < -0.4 is 0 Å². The van der Waals surface area contributed by atoms with Crippen molar-refractivity contribution in [3.63, 3.8) is 0 Å². The van der Waals surface area contributed by atoms with Crippen molar-refractivity contribution in [2.24, 2.45) is 4.99 Å². The van der Waals surface area contributed by atoms with Crippen molar-refractivity contribution in [2.75, 3.05) is 0 Å². The van der Waals surface area contributed by atoms with Gasteiger partial charge in [0.15, 0.2) is 0 Å². The monoisotopic (exact) mass is 244 g/mol. The highest BCUT2D eigenvalue weighted by atomic mass is 19.4. The lowest BCUT2D eigenvalue weighted by Gasteiger charge is -2.03. The van der Waals surface area contributed by atoms with Crippen LogP contribution in [0.4, 0.5) is 23.2 Å². The fourth-order valence-corrected chi connectivity index (χ4v) is 1.52. The predicted molar refractivity (Wildman–Crippen MR) is 51.0 cm³/mol. The van der Waals surface area contributed by atoms with Crippen LogP contribution in [-0.2, 0) is 11.0 Å². The first-order valence-electron chi connectivity index (χ1n) is 4.40. The van der Waals surface area contributed by atoms with Crippen molar-refractivity contribution in [1.29, 1.82) is 0 Å². The number of aliphatic imine (C=N–C) groups is 1. The highest BCUT2D eigenvalue weighted by Crippen LogP contribution is 2.40. The van der Waals surface area contributed by atoms with Crippen LogP contribution in [0.1, 0.15) is 5.69 Å². The lowest BCUT2D eigenvalue weighted by Crippen LogP contribution is -2.05. The molecule has 1 heterocycles. The minimum Gasteiger partial charge on any atom is -0.349 e. The summed E-state index contributed by atoms with van der Waals surface area (Å²) >= 11 is 0. The smallest absolute Gasteiger partial charge is 0.349 e.